The maximum absolute atomic E-state index is 11.9. The molecule has 4 nitrogen and oxygen atoms in total. The molecule has 23 heavy (non-hydrogen) atoms. The quantitative estimate of drug-likeness (QED) is 0.468. The Morgan fingerprint density at radius 1 is 0.957 bits per heavy atom. The molecule has 0 unspecified atom stereocenters. The molecule has 0 saturated carbocycles. The lowest BCUT2D eigenvalue weighted by atomic mass is 10.1. The lowest BCUT2D eigenvalue weighted by Gasteiger charge is -2.09. The fourth-order valence-electron chi connectivity index (χ4n) is 2.14. The number of halogens is 1. The third-order valence-corrected chi connectivity index (χ3v) is 3.32. The number of carbonyl (C=O) groups is 1. The summed E-state index contributed by atoms with van der Waals surface area (Å²) >= 11 is 0. The van der Waals surface area contributed by atoms with E-state index in [-0.39, 0.29) is 18.2 Å². The van der Waals surface area contributed by atoms with Gasteiger partial charge in [0, 0.05) is 5.56 Å². The summed E-state index contributed by atoms with van der Waals surface area (Å²) < 4.78 is 10.9. The van der Waals surface area contributed by atoms with Gasteiger partial charge in [-0.15, -0.1) is 0 Å². The van der Waals surface area contributed by atoms with Gasteiger partial charge in [-0.25, -0.2) is 0 Å². The summed E-state index contributed by atoms with van der Waals surface area (Å²) in [6, 6.07) is 17.0. The van der Waals surface area contributed by atoms with Crippen LogP contribution in [-0.2, 0) is 0 Å². The smallest absolute Gasteiger partial charge is 0.168 e. The minimum atomic E-state index is 0. The second kappa shape index (κ2) is 10.6. The van der Waals surface area contributed by atoms with Gasteiger partial charge in [-0.1, -0.05) is 42.5 Å². The highest BCUT2D eigenvalue weighted by molar-refractivity contribution is 5.95. The van der Waals surface area contributed by atoms with Gasteiger partial charge < -0.3 is 27.2 Å². The van der Waals surface area contributed by atoms with Crippen LogP contribution in [0.2, 0.25) is 0 Å². The van der Waals surface area contributed by atoms with Gasteiger partial charge >= 0.3 is 0 Å². The van der Waals surface area contributed by atoms with E-state index >= 15 is 0 Å². The topological polar surface area (TPSA) is 52.1 Å². The summed E-state index contributed by atoms with van der Waals surface area (Å²) in [4.78, 5) is 11.9. The van der Waals surface area contributed by atoms with Crippen LogP contribution in [-0.4, -0.2) is 32.6 Å². The first-order chi connectivity index (χ1) is 10.8. The average Bonchev–Trinajstić information content (AvgIpc) is 2.58. The van der Waals surface area contributed by atoms with E-state index in [1.165, 1.54) is 0 Å². The average molecular weight is 336 g/mol. The van der Waals surface area contributed by atoms with E-state index < -0.39 is 0 Å². The van der Waals surface area contributed by atoms with Crippen LogP contribution in [0.1, 0.15) is 16.8 Å². The zero-order valence-corrected chi connectivity index (χ0v) is 14.0. The van der Waals surface area contributed by atoms with Crippen LogP contribution in [0.15, 0.2) is 54.6 Å². The molecular weight excluding hydrogens is 314 g/mol. The van der Waals surface area contributed by atoms with Crippen molar-refractivity contribution in [2.75, 3.05) is 26.8 Å². The molecule has 0 aliphatic rings. The minimum absolute atomic E-state index is 0. The van der Waals surface area contributed by atoms with Gasteiger partial charge in [0.05, 0.1) is 20.1 Å². The van der Waals surface area contributed by atoms with Gasteiger partial charge in [0.2, 0.25) is 0 Å². The number of ketones is 1. The number of Topliss-reactive ketones (excluding diaryl/α,β-unsaturated/α-hetero) is 1. The molecule has 0 bridgehead atoms. The van der Waals surface area contributed by atoms with Crippen molar-refractivity contribution >= 4 is 5.78 Å². The first kappa shape index (κ1) is 19.0. The maximum atomic E-state index is 11.9. The molecule has 124 valence electrons. The Morgan fingerprint density at radius 3 is 2.30 bits per heavy atom. The number of carbonyl (C=O) groups excluding carboxylic acids is 1. The van der Waals surface area contributed by atoms with Crippen molar-refractivity contribution < 1.29 is 32.0 Å². The van der Waals surface area contributed by atoms with Crippen LogP contribution in [0.3, 0.4) is 0 Å². The summed E-state index contributed by atoms with van der Waals surface area (Å²) in [5.74, 6) is 1.67. The molecule has 0 spiro atoms. The fourth-order valence-corrected chi connectivity index (χ4v) is 2.14. The Kier molecular flexibility index (Phi) is 8.80. The van der Waals surface area contributed by atoms with Gasteiger partial charge in [0.25, 0.3) is 0 Å². The standard InChI is InChI=1S/C18H21NO3.ClH/c1-21-17-9-5-6-10-18(17)22-14-13-19-12-11-16(20)15-7-3-2-4-8-15;/h2-10,19H,11-14H2,1H3;1H. The normalized spacial score (nSPS) is 9.78. The van der Waals surface area contributed by atoms with Crippen molar-refractivity contribution in [1.82, 2.24) is 0 Å². The zero-order chi connectivity index (χ0) is 15.6. The molecule has 0 aliphatic heterocycles. The summed E-state index contributed by atoms with van der Waals surface area (Å²) in [5, 5.41) is 2.09. The van der Waals surface area contributed by atoms with E-state index in [4.69, 9.17) is 9.47 Å². The molecule has 0 radical (unpaired) electrons. The van der Waals surface area contributed by atoms with Crippen molar-refractivity contribution in [3.8, 4) is 11.5 Å². The number of quaternary nitrogens is 1. The number of para-hydroxylation sites is 2. The SMILES string of the molecule is COc1ccccc1OCC[NH2+]CCC(=O)c1ccccc1.[Cl-]. The predicted molar refractivity (Wildman–Crippen MR) is 85.5 cm³/mol. The van der Waals surface area contributed by atoms with Crippen molar-refractivity contribution in [3.05, 3.63) is 60.2 Å². The number of ether oxygens (including phenoxy) is 2. The predicted octanol–water partition coefficient (Wildman–Crippen LogP) is -1.09. The van der Waals surface area contributed by atoms with Crippen LogP contribution in [0.25, 0.3) is 0 Å². The Hall–Kier alpha value is -2.04. The largest absolute Gasteiger partial charge is 1.00 e. The third kappa shape index (κ3) is 6.30. The highest BCUT2D eigenvalue weighted by Gasteiger charge is 2.06. The van der Waals surface area contributed by atoms with E-state index in [2.05, 4.69) is 5.32 Å². The molecule has 0 atom stereocenters. The Morgan fingerprint density at radius 2 is 1.61 bits per heavy atom. The van der Waals surface area contributed by atoms with Crippen molar-refractivity contribution in [2.45, 2.75) is 6.42 Å². The molecule has 0 aromatic heterocycles. The first-order valence-electron chi connectivity index (χ1n) is 7.47. The second-order valence-corrected chi connectivity index (χ2v) is 4.90. The van der Waals surface area contributed by atoms with E-state index in [1.54, 1.807) is 7.11 Å². The lowest BCUT2D eigenvalue weighted by Crippen LogP contribution is -3.00. The number of benzene rings is 2. The highest BCUT2D eigenvalue weighted by atomic mass is 35.5. The molecule has 0 amide bonds. The highest BCUT2D eigenvalue weighted by Crippen LogP contribution is 2.25. The van der Waals surface area contributed by atoms with Gasteiger partial charge in [-0.3, -0.25) is 4.79 Å². The van der Waals surface area contributed by atoms with Crippen LogP contribution in [0, 0.1) is 0 Å². The second-order valence-electron chi connectivity index (χ2n) is 4.90. The first-order valence-corrected chi connectivity index (χ1v) is 7.47. The van der Waals surface area contributed by atoms with Crippen molar-refractivity contribution in [1.29, 1.82) is 0 Å². The van der Waals surface area contributed by atoms with E-state index in [0.717, 1.165) is 30.2 Å². The summed E-state index contributed by atoms with van der Waals surface area (Å²) in [7, 11) is 1.63. The Bertz CT molecular complexity index is 590. The van der Waals surface area contributed by atoms with Crippen LogP contribution in [0.4, 0.5) is 0 Å². The lowest BCUT2D eigenvalue weighted by molar-refractivity contribution is -0.654. The number of nitrogens with two attached hydrogens (primary N) is 1. The Labute approximate surface area is 143 Å². The number of hydrogen-bond donors (Lipinski definition) is 1. The van der Waals surface area contributed by atoms with E-state index in [0.29, 0.717) is 13.0 Å². The molecule has 2 rings (SSSR count). The maximum Gasteiger partial charge on any atom is 0.168 e. The number of hydrogen-bond acceptors (Lipinski definition) is 3. The van der Waals surface area contributed by atoms with Crippen LogP contribution < -0.4 is 27.2 Å². The van der Waals surface area contributed by atoms with Crippen LogP contribution in [0.5, 0.6) is 11.5 Å². The van der Waals surface area contributed by atoms with Gasteiger partial charge in [-0.05, 0) is 12.1 Å². The zero-order valence-electron chi connectivity index (χ0n) is 13.2. The van der Waals surface area contributed by atoms with Crippen LogP contribution >= 0.6 is 0 Å². The molecule has 0 heterocycles. The fraction of sp³-hybridized carbons (Fsp3) is 0.278. The number of rotatable bonds is 9. The van der Waals surface area contributed by atoms with Gasteiger partial charge in [0.15, 0.2) is 17.3 Å². The van der Waals surface area contributed by atoms with Crippen molar-refractivity contribution in [3.63, 3.8) is 0 Å². The third-order valence-electron chi connectivity index (χ3n) is 3.32. The minimum Gasteiger partial charge on any atom is -1.00 e. The molecule has 5 heteroatoms. The summed E-state index contributed by atoms with van der Waals surface area (Å²) in [6.07, 6.45) is 0.540. The molecule has 2 aromatic rings. The molecule has 2 aromatic carbocycles. The van der Waals surface area contributed by atoms with E-state index in [1.807, 2.05) is 54.6 Å². The molecule has 0 aliphatic carbocycles. The monoisotopic (exact) mass is 335 g/mol. The Balaban J connectivity index is 0.00000264. The molecule has 2 N–H and O–H groups in total. The molecular formula is C18H22ClNO3. The molecule has 0 fully saturated rings. The summed E-state index contributed by atoms with van der Waals surface area (Å²) in [6.45, 7) is 2.16. The van der Waals surface area contributed by atoms with Gasteiger partial charge in [0.1, 0.15) is 13.2 Å². The van der Waals surface area contributed by atoms with Gasteiger partial charge in [-0.2, -0.15) is 0 Å². The number of methoxy groups -OCH3 is 1. The van der Waals surface area contributed by atoms with Crippen molar-refractivity contribution in [2.24, 2.45) is 0 Å². The van der Waals surface area contributed by atoms with E-state index in [9.17, 15) is 4.79 Å². The summed E-state index contributed by atoms with van der Waals surface area (Å²) in [5.41, 5.74) is 0.779. The molecule has 0 saturated heterocycles.